The van der Waals surface area contributed by atoms with Gasteiger partial charge in [0.05, 0.1) is 25.2 Å². The van der Waals surface area contributed by atoms with Crippen molar-refractivity contribution >= 4 is 11.9 Å². The number of amides is 1. The number of hydrogen-bond donors (Lipinski definition) is 3. The summed E-state index contributed by atoms with van der Waals surface area (Å²) in [5.41, 5.74) is 0. The molecule has 3 atom stereocenters. The van der Waals surface area contributed by atoms with E-state index in [9.17, 15) is 19.8 Å². The summed E-state index contributed by atoms with van der Waals surface area (Å²) < 4.78 is 5.80. The van der Waals surface area contributed by atoms with Crippen LogP contribution in [0.4, 0.5) is 0 Å². The van der Waals surface area contributed by atoms with Gasteiger partial charge >= 0.3 is 5.97 Å². The number of ether oxygens (including phenoxy) is 1. The molecule has 3 unspecified atom stereocenters. The van der Waals surface area contributed by atoms with Crippen molar-refractivity contribution in [3.8, 4) is 0 Å². The lowest BCUT2D eigenvalue weighted by Crippen LogP contribution is -2.46. The lowest BCUT2D eigenvalue weighted by molar-refractivity contribution is -0.150. The molecule has 0 bridgehead atoms. The Bertz CT molecular complexity index is 1130. The molecule has 0 aliphatic rings. The first-order chi connectivity index (χ1) is 27.0. The van der Waals surface area contributed by atoms with Crippen LogP contribution in [0.5, 0.6) is 0 Å². The predicted octanol–water partition coefficient (Wildman–Crippen LogP) is 12.6. The third kappa shape index (κ3) is 37.5. The van der Waals surface area contributed by atoms with E-state index in [1.807, 2.05) is 54.7 Å². The molecule has 6 nitrogen and oxygen atoms in total. The Morgan fingerprint density at radius 2 is 1.09 bits per heavy atom. The third-order valence-corrected chi connectivity index (χ3v) is 9.29. The van der Waals surface area contributed by atoms with Crippen molar-refractivity contribution in [2.45, 2.75) is 193 Å². The number of unbranched alkanes of at least 4 members (excludes halogenated alkanes) is 14. The van der Waals surface area contributed by atoms with Gasteiger partial charge in [-0.25, -0.2) is 0 Å². The Balaban J connectivity index is 4.75. The Kier molecular flexibility index (Phi) is 39.5. The van der Waals surface area contributed by atoms with Crippen LogP contribution in [-0.2, 0) is 14.3 Å². The van der Waals surface area contributed by atoms with Gasteiger partial charge in [0, 0.05) is 12.8 Å². The first-order valence-corrected chi connectivity index (χ1v) is 22.0. The lowest BCUT2D eigenvalue weighted by atomic mass is 10.0. The van der Waals surface area contributed by atoms with Crippen molar-refractivity contribution in [3.05, 3.63) is 97.2 Å². The van der Waals surface area contributed by atoms with Crippen molar-refractivity contribution in [3.63, 3.8) is 0 Å². The summed E-state index contributed by atoms with van der Waals surface area (Å²) >= 11 is 0. The number of allylic oxidation sites excluding steroid dienone is 15. The molecule has 1 amide bonds. The molecule has 0 aromatic carbocycles. The van der Waals surface area contributed by atoms with E-state index in [1.165, 1.54) is 51.4 Å². The number of esters is 1. The molecule has 0 heterocycles. The molecule has 0 radical (unpaired) electrons. The van der Waals surface area contributed by atoms with E-state index in [2.05, 4.69) is 68.6 Å². The average molecular weight is 764 g/mol. The summed E-state index contributed by atoms with van der Waals surface area (Å²) in [4.78, 5) is 25.9. The van der Waals surface area contributed by atoms with Gasteiger partial charge in [0.15, 0.2) is 0 Å². The fourth-order valence-electron chi connectivity index (χ4n) is 5.99. The molecule has 0 saturated carbocycles. The van der Waals surface area contributed by atoms with Gasteiger partial charge in [0.2, 0.25) is 5.91 Å². The number of carbonyl (C=O) groups is 2. The summed E-state index contributed by atoms with van der Waals surface area (Å²) in [5.74, 6) is -0.636. The van der Waals surface area contributed by atoms with E-state index in [4.69, 9.17) is 4.74 Å². The van der Waals surface area contributed by atoms with E-state index in [0.717, 1.165) is 77.0 Å². The Morgan fingerprint density at radius 3 is 1.69 bits per heavy atom. The van der Waals surface area contributed by atoms with Crippen LogP contribution in [0.25, 0.3) is 0 Å². The van der Waals surface area contributed by atoms with Gasteiger partial charge in [-0.05, 0) is 51.4 Å². The SMILES string of the molecule is CC/C=C/C=C/C=C\C=C/C=C/CC(CC(=O)NC(CO)C(O)CCCCCCCCCCC)OC(=O)CCCCCCCC/C=C/C/C=C/C/C=C/CC. The quantitative estimate of drug-likeness (QED) is 0.0253. The van der Waals surface area contributed by atoms with E-state index >= 15 is 0 Å². The number of aliphatic hydroxyl groups is 2. The van der Waals surface area contributed by atoms with Crippen LogP contribution in [0.1, 0.15) is 175 Å². The molecule has 0 fully saturated rings. The van der Waals surface area contributed by atoms with Crippen LogP contribution in [0.3, 0.4) is 0 Å². The molecule has 0 aliphatic heterocycles. The van der Waals surface area contributed by atoms with Crippen LogP contribution >= 0.6 is 0 Å². The molecule has 0 spiro atoms. The Morgan fingerprint density at radius 1 is 0.582 bits per heavy atom. The zero-order chi connectivity index (χ0) is 40.3. The van der Waals surface area contributed by atoms with Crippen LogP contribution < -0.4 is 5.32 Å². The van der Waals surface area contributed by atoms with Gasteiger partial charge in [0.1, 0.15) is 6.10 Å². The van der Waals surface area contributed by atoms with Gasteiger partial charge in [-0.15, -0.1) is 0 Å². The fourth-order valence-corrected chi connectivity index (χ4v) is 5.99. The normalized spacial score (nSPS) is 14.3. The third-order valence-electron chi connectivity index (χ3n) is 9.29. The second kappa shape index (κ2) is 41.9. The number of nitrogens with one attached hydrogen (secondary N) is 1. The summed E-state index contributed by atoms with van der Waals surface area (Å²) in [6.45, 7) is 6.13. The highest BCUT2D eigenvalue weighted by atomic mass is 16.5. The largest absolute Gasteiger partial charge is 0.461 e. The van der Waals surface area contributed by atoms with E-state index in [0.29, 0.717) is 19.3 Å². The second-order valence-electron chi connectivity index (χ2n) is 14.5. The van der Waals surface area contributed by atoms with Gasteiger partial charge in [-0.3, -0.25) is 9.59 Å². The number of hydrogen-bond acceptors (Lipinski definition) is 5. The molecular weight excluding hydrogens is 683 g/mol. The van der Waals surface area contributed by atoms with Crippen molar-refractivity contribution in [1.29, 1.82) is 0 Å². The topological polar surface area (TPSA) is 95.9 Å². The molecule has 0 aliphatic carbocycles. The number of carbonyl (C=O) groups excluding carboxylic acids is 2. The van der Waals surface area contributed by atoms with Gasteiger partial charge in [-0.2, -0.15) is 0 Å². The standard InChI is InChI=1S/C49H81NO5/c1-4-7-10-13-16-19-21-22-23-24-25-27-30-33-36-39-42-49(54)55-45(40-37-34-31-29-26-20-17-14-11-8-5-2)43-48(53)50-46(44-51)47(52)41-38-35-32-28-18-15-12-9-6-3/h7-8,10-11,14,16-17,19-20,22-23,26,29,31,34,37,45-47,51-52H,4-6,9,12-13,15,18,21,24-25,27-28,30,32-33,35-36,38-44H2,1-3H3,(H,50,53)/b10-7+,11-8+,17-14+,19-16+,23-22+,26-20-,31-29-,37-34+. The second-order valence-corrected chi connectivity index (χ2v) is 14.5. The highest BCUT2D eigenvalue weighted by Gasteiger charge is 2.23. The molecule has 0 aromatic rings. The Labute approximate surface area is 337 Å². The summed E-state index contributed by atoms with van der Waals surface area (Å²) in [6, 6.07) is -0.745. The van der Waals surface area contributed by atoms with Crippen LogP contribution in [0, 0.1) is 0 Å². The molecule has 3 N–H and O–H groups in total. The Hall–Kier alpha value is -3.22. The molecular formula is C49H81NO5. The minimum atomic E-state index is -0.822. The molecule has 0 aromatic heterocycles. The summed E-state index contributed by atoms with van der Waals surface area (Å²) in [7, 11) is 0. The summed E-state index contributed by atoms with van der Waals surface area (Å²) in [5, 5.41) is 23.5. The minimum Gasteiger partial charge on any atom is -0.461 e. The maximum atomic E-state index is 13.1. The highest BCUT2D eigenvalue weighted by Crippen LogP contribution is 2.15. The first-order valence-electron chi connectivity index (χ1n) is 22.0. The van der Waals surface area contributed by atoms with Crippen molar-refractivity contribution in [1.82, 2.24) is 5.32 Å². The molecule has 6 heteroatoms. The molecule has 55 heavy (non-hydrogen) atoms. The molecule has 312 valence electrons. The van der Waals surface area contributed by atoms with Crippen molar-refractivity contribution < 1.29 is 24.5 Å². The zero-order valence-electron chi connectivity index (χ0n) is 35.3. The molecule has 0 rings (SSSR count). The minimum absolute atomic E-state index is 0.0297. The predicted molar refractivity (Wildman–Crippen MR) is 236 cm³/mol. The van der Waals surface area contributed by atoms with Crippen LogP contribution in [0.15, 0.2) is 97.2 Å². The maximum absolute atomic E-state index is 13.1. The highest BCUT2D eigenvalue weighted by molar-refractivity contribution is 5.77. The van der Waals surface area contributed by atoms with E-state index in [-0.39, 0.29) is 24.9 Å². The van der Waals surface area contributed by atoms with Crippen molar-refractivity contribution in [2.75, 3.05) is 6.61 Å². The van der Waals surface area contributed by atoms with Gasteiger partial charge < -0.3 is 20.3 Å². The number of aliphatic hydroxyl groups excluding tert-OH is 2. The average Bonchev–Trinajstić information content (AvgIpc) is 3.18. The van der Waals surface area contributed by atoms with E-state index in [1.54, 1.807) is 0 Å². The fraction of sp³-hybridized carbons (Fsp3) is 0.633. The monoisotopic (exact) mass is 764 g/mol. The smallest absolute Gasteiger partial charge is 0.306 e. The van der Waals surface area contributed by atoms with E-state index < -0.39 is 18.2 Å². The first kappa shape index (κ1) is 51.8. The van der Waals surface area contributed by atoms with Crippen LogP contribution in [-0.4, -0.2) is 46.9 Å². The van der Waals surface area contributed by atoms with Crippen molar-refractivity contribution in [2.24, 2.45) is 0 Å². The van der Waals surface area contributed by atoms with Gasteiger partial charge in [-0.1, -0.05) is 201 Å². The zero-order valence-corrected chi connectivity index (χ0v) is 35.3. The number of rotatable bonds is 37. The van der Waals surface area contributed by atoms with Crippen LogP contribution in [0.2, 0.25) is 0 Å². The molecule has 0 saturated heterocycles. The van der Waals surface area contributed by atoms with Gasteiger partial charge in [0.25, 0.3) is 0 Å². The summed E-state index contributed by atoms with van der Waals surface area (Å²) in [6.07, 6.45) is 54.9. The maximum Gasteiger partial charge on any atom is 0.306 e. The lowest BCUT2D eigenvalue weighted by Gasteiger charge is -2.24.